The minimum atomic E-state index is 0.536. The van der Waals surface area contributed by atoms with Crippen LogP contribution < -0.4 is 5.32 Å². The van der Waals surface area contributed by atoms with Gasteiger partial charge in [0.05, 0.1) is 12.8 Å². The van der Waals surface area contributed by atoms with Crippen LogP contribution in [0.25, 0.3) is 0 Å². The summed E-state index contributed by atoms with van der Waals surface area (Å²) < 4.78 is 1.82. The zero-order valence-corrected chi connectivity index (χ0v) is 17.6. The Labute approximate surface area is 180 Å². The van der Waals surface area contributed by atoms with Crippen molar-refractivity contribution in [2.45, 2.75) is 24.4 Å². The van der Waals surface area contributed by atoms with Gasteiger partial charge in [-0.3, -0.25) is 0 Å². The van der Waals surface area contributed by atoms with Crippen molar-refractivity contribution in [3.63, 3.8) is 0 Å². The van der Waals surface area contributed by atoms with Gasteiger partial charge in [-0.15, -0.1) is 10.2 Å². The highest BCUT2D eigenvalue weighted by Crippen LogP contribution is 2.22. The van der Waals surface area contributed by atoms with Crippen LogP contribution in [0.1, 0.15) is 22.5 Å². The number of nitrogens with one attached hydrogen (secondary N) is 1. The molecule has 0 saturated heterocycles. The zero-order valence-electron chi connectivity index (χ0n) is 16.8. The van der Waals surface area contributed by atoms with Crippen molar-refractivity contribution in [3.8, 4) is 0 Å². The summed E-state index contributed by atoms with van der Waals surface area (Å²) in [4.78, 5) is 0. The van der Waals surface area contributed by atoms with Crippen LogP contribution in [0, 0.1) is 6.92 Å². The average molecular weight is 414 g/mol. The van der Waals surface area contributed by atoms with Crippen LogP contribution in [0.4, 0.5) is 5.69 Å². The Morgan fingerprint density at radius 1 is 0.900 bits per heavy atom. The molecule has 0 unspecified atom stereocenters. The van der Waals surface area contributed by atoms with Crippen molar-refractivity contribution in [2.24, 2.45) is 5.10 Å². The molecule has 3 aromatic carbocycles. The standard InChI is InChI=1S/C24H23N5S/c1-19-12-14-22(15-13-19)25-17-23-27-28-24(30-18-21-10-6-3-7-11-21)29(23)26-16-20-8-4-2-5-9-20/h2-16,25H,17-18H2,1H3/b26-16+. The molecule has 0 aliphatic rings. The number of thioether (sulfide) groups is 1. The van der Waals surface area contributed by atoms with Gasteiger partial charge in [0, 0.05) is 11.4 Å². The van der Waals surface area contributed by atoms with Crippen LogP contribution in [0.3, 0.4) is 0 Å². The van der Waals surface area contributed by atoms with E-state index >= 15 is 0 Å². The molecule has 0 aliphatic carbocycles. The van der Waals surface area contributed by atoms with Gasteiger partial charge in [0.2, 0.25) is 5.16 Å². The van der Waals surface area contributed by atoms with Crippen LogP contribution >= 0.6 is 11.8 Å². The Kier molecular flexibility index (Phi) is 6.57. The average Bonchev–Trinajstić information content (AvgIpc) is 3.19. The molecule has 30 heavy (non-hydrogen) atoms. The highest BCUT2D eigenvalue weighted by atomic mass is 32.2. The van der Waals surface area contributed by atoms with E-state index < -0.39 is 0 Å². The summed E-state index contributed by atoms with van der Waals surface area (Å²) in [7, 11) is 0. The first kappa shape index (κ1) is 19.9. The van der Waals surface area contributed by atoms with Crippen LogP contribution in [0.5, 0.6) is 0 Å². The molecule has 0 saturated carbocycles. The lowest BCUT2D eigenvalue weighted by atomic mass is 10.2. The number of anilines is 1. The largest absolute Gasteiger partial charge is 0.378 e. The van der Waals surface area contributed by atoms with E-state index in [-0.39, 0.29) is 0 Å². The van der Waals surface area contributed by atoms with Crippen LogP contribution in [0.2, 0.25) is 0 Å². The molecule has 0 radical (unpaired) electrons. The molecular weight excluding hydrogens is 390 g/mol. The van der Waals surface area contributed by atoms with E-state index in [1.165, 1.54) is 11.1 Å². The van der Waals surface area contributed by atoms with Crippen molar-refractivity contribution in [2.75, 3.05) is 5.32 Å². The van der Waals surface area contributed by atoms with E-state index in [9.17, 15) is 0 Å². The lowest BCUT2D eigenvalue weighted by Crippen LogP contribution is -2.07. The van der Waals surface area contributed by atoms with Crippen molar-refractivity contribution >= 4 is 23.7 Å². The summed E-state index contributed by atoms with van der Waals surface area (Å²) in [6.45, 7) is 2.61. The fraction of sp³-hybridized carbons (Fsp3) is 0.125. The van der Waals surface area contributed by atoms with E-state index in [1.54, 1.807) is 11.8 Å². The molecule has 0 atom stereocenters. The Balaban J connectivity index is 1.54. The Bertz CT molecular complexity index is 1090. The summed E-state index contributed by atoms with van der Waals surface area (Å²) in [6, 6.07) is 28.7. The molecular formula is C24H23N5S. The minimum absolute atomic E-state index is 0.536. The van der Waals surface area contributed by atoms with Crippen molar-refractivity contribution in [3.05, 3.63) is 107 Å². The molecule has 0 fully saturated rings. The Morgan fingerprint density at radius 3 is 2.33 bits per heavy atom. The number of nitrogens with zero attached hydrogens (tertiary/aromatic N) is 4. The highest BCUT2D eigenvalue weighted by molar-refractivity contribution is 7.98. The summed E-state index contributed by atoms with van der Waals surface area (Å²) >= 11 is 1.63. The SMILES string of the molecule is Cc1ccc(NCc2nnc(SCc3ccccc3)n2/N=C/c2ccccc2)cc1. The molecule has 1 aromatic heterocycles. The van der Waals surface area contributed by atoms with E-state index in [2.05, 4.69) is 63.9 Å². The van der Waals surface area contributed by atoms with E-state index in [0.29, 0.717) is 6.54 Å². The molecule has 4 rings (SSSR count). The molecule has 0 spiro atoms. The van der Waals surface area contributed by atoms with Gasteiger partial charge in [-0.25, -0.2) is 0 Å². The maximum Gasteiger partial charge on any atom is 0.212 e. The lowest BCUT2D eigenvalue weighted by Gasteiger charge is -2.07. The van der Waals surface area contributed by atoms with Crippen molar-refractivity contribution in [1.82, 2.24) is 14.9 Å². The maximum atomic E-state index is 4.68. The fourth-order valence-electron chi connectivity index (χ4n) is 2.85. The van der Waals surface area contributed by atoms with Crippen molar-refractivity contribution in [1.29, 1.82) is 0 Å². The first-order valence-electron chi connectivity index (χ1n) is 9.79. The maximum absolute atomic E-state index is 4.68. The molecule has 0 bridgehead atoms. The molecule has 0 amide bonds. The normalized spacial score (nSPS) is 11.1. The van der Waals surface area contributed by atoms with Gasteiger partial charge in [-0.1, -0.05) is 90.1 Å². The third kappa shape index (κ3) is 5.36. The van der Waals surface area contributed by atoms with Crippen LogP contribution in [0.15, 0.2) is 95.2 Å². The van der Waals surface area contributed by atoms with Gasteiger partial charge in [0.25, 0.3) is 0 Å². The van der Waals surface area contributed by atoms with Crippen LogP contribution in [-0.4, -0.2) is 21.1 Å². The third-order valence-corrected chi connectivity index (χ3v) is 5.50. The molecule has 6 heteroatoms. The van der Waals surface area contributed by atoms with E-state index in [1.807, 2.05) is 59.4 Å². The number of aryl methyl sites for hydroxylation is 1. The smallest absolute Gasteiger partial charge is 0.212 e. The van der Waals surface area contributed by atoms with E-state index in [4.69, 9.17) is 0 Å². The number of hydrogen-bond donors (Lipinski definition) is 1. The van der Waals surface area contributed by atoms with Gasteiger partial charge in [0.15, 0.2) is 5.82 Å². The number of aromatic nitrogens is 3. The number of rotatable bonds is 8. The van der Waals surface area contributed by atoms with E-state index in [0.717, 1.165) is 28.0 Å². The Hall–Kier alpha value is -3.38. The van der Waals surface area contributed by atoms with Crippen LogP contribution in [-0.2, 0) is 12.3 Å². The summed E-state index contributed by atoms with van der Waals surface area (Å²) in [5.74, 6) is 1.57. The summed E-state index contributed by atoms with van der Waals surface area (Å²) in [5.41, 5.74) is 4.54. The van der Waals surface area contributed by atoms with Gasteiger partial charge >= 0.3 is 0 Å². The monoisotopic (exact) mass is 413 g/mol. The fourth-order valence-corrected chi connectivity index (χ4v) is 3.71. The summed E-state index contributed by atoms with van der Waals surface area (Å²) in [5, 5.41) is 17.6. The second kappa shape index (κ2) is 9.89. The quantitative estimate of drug-likeness (QED) is 0.311. The molecule has 1 N–H and O–H groups in total. The molecule has 5 nitrogen and oxygen atoms in total. The van der Waals surface area contributed by atoms with Gasteiger partial charge in [-0.05, 0) is 30.2 Å². The number of benzene rings is 3. The molecule has 1 heterocycles. The molecule has 0 aliphatic heterocycles. The second-order valence-corrected chi connectivity index (χ2v) is 7.80. The van der Waals surface area contributed by atoms with Crippen molar-refractivity contribution < 1.29 is 0 Å². The molecule has 150 valence electrons. The second-order valence-electron chi connectivity index (χ2n) is 6.86. The van der Waals surface area contributed by atoms with Gasteiger partial charge in [-0.2, -0.15) is 9.78 Å². The number of hydrogen-bond acceptors (Lipinski definition) is 5. The predicted molar refractivity (Wildman–Crippen MR) is 124 cm³/mol. The first-order chi connectivity index (χ1) is 14.8. The third-order valence-electron chi connectivity index (χ3n) is 4.51. The van der Waals surface area contributed by atoms with Gasteiger partial charge < -0.3 is 5.32 Å². The lowest BCUT2D eigenvalue weighted by molar-refractivity contribution is 0.725. The highest BCUT2D eigenvalue weighted by Gasteiger charge is 2.12. The summed E-state index contributed by atoms with van der Waals surface area (Å²) in [6.07, 6.45) is 1.84. The predicted octanol–water partition coefficient (Wildman–Crippen LogP) is 5.37. The first-order valence-corrected chi connectivity index (χ1v) is 10.8. The zero-order chi connectivity index (χ0) is 20.6. The molecule has 4 aromatic rings. The topological polar surface area (TPSA) is 55.1 Å². The Morgan fingerprint density at radius 2 is 1.60 bits per heavy atom. The minimum Gasteiger partial charge on any atom is -0.378 e. The van der Waals surface area contributed by atoms with Gasteiger partial charge in [0.1, 0.15) is 0 Å².